The number of likely N-dealkylation sites (tertiary alicyclic amines) is 1. The van der Waals surface area contributed by atoms with Crippen LogP contribution in [0, 0.1) is 11.6 Å². The van der Waals surface area contributed by atoms with E-state index in [1.54, 1.807) is 11.0 Å². The molecule has 1 amide bonds. The number of halogens is 2. The molecule has 4 rings (SSSR count). The summed E-state index contributed by atoms with van der Waals surface area (Å²) in [6.45, 7) is 1.76. The van der Waals surface area contributed by atoms with Gasteiger partial charge in [-0.3, -0.25) is 4.79 Å². The third kappa shape index (κ3) is 3.91. The minimum absolute atomic E-state index is 0.0996. The molecule has 2 N–H and O–H groups in total. The lowest BCUT2D eigenvalue weighted by Gasteiger charge is -2.32. The van der Waals surface area contributed by atoms with Crippen LogP contribution in [0.25, 0.3) is 5.69 Å². The Hall–Kier alpha value is -3.06. The molecule has 1 aliphatic heterocycles. The molecule has 2 aromatic carbocycles. The van der Waals surface area contributed by atoms with Crippen molar-refractivity contribution < 1.29 is 13.6 Å². The van der Waals surface area contributed by atoms with Crippen LogP contribution in [0.2, 0.25) is 0 Å². The number of hydrogen-bond donors (Lipinski definition) is 1. The molecule has 1 aliphatic rings. The molecular weight excluding hydrogens is 374 g/mol. The van der Waals surface area contributed by atoms with E-state index in [9.17, 15) is 13.6 Å². The Morgan fingerprint density at radius 3 is 2.59 bits per heavy atom. The molecule has 0 aliphatic carbocycles. The van der Waals surface area contributed by atoms with Crippen LogP contribution in [-0.2, 0) is 6.54 Å². The number of piperidine rings is 1. The lowest BCUT2D eigenvalue weighted by atomic mass is 9.86. The fourth-order valence-electron chi connectivity index (χ4n) is 3.91. The molecule has 0 unspecified atom stereocenters. The lowest BCUT2D eigenvalue weighted by molar-refractivity contribution is 0.0706. The molecule has 29 heavy (non-hydrogen) atoms. The van der Waals surface area contributed by atoms with Gasteiger partial charge in [0.15, 0.2) is 11.5 Å². The molecule has 1 fully saturated rings. The van der Waals surface area contributed by atoms with Crippen molar-refractivity contribution in [3.8, 4) is 5.69 Å². The minimum atomic E-state index is -0.730. The molecule has 150 valence electrons. The van der Waals surface area contributed by atoms with Crippen LogP contribution in [-0.4, -0.2) is 33.7 Å². The van der Waals surface area contributed by atoms with Crippen LogP contribution < -0.4 is 5.73 Å². The summed E-state index contributed by atoms with van der Waals surface area (Å²) in [6, 6.07) is 13.0. The molecule has 0 saturated carbocycles. The molecule has 0 bridgehead atoms. The van der Waals surface area contributed by atoms with Gasteiger partial charge in [0.2, 0.25) is 0 Å². The van der Waals surface area contributed by atoms with Gasteiger partial charge < -0.3 is 10.6 Å². The quantitative estimate of drug-likeness (QED) is 0.733. The first kappa shape index (κ1) is 19.3. The molecule has 3 aromatic rings. The van der Waals surface area contributed by atoms with Crippen molar-refractivity contribution in [2.45, 2.75) is 25.3 Å². The second-order valence-electron chi connectivity index (χ2n) is 7.21. The van der Waals surface area contributed by atoms with Gasteiger partial charge in [-0.2, -0.15) is 5.10 Å². The summed E-state index contributed by atoms with van der Waals surface area (Å²) in [5, 5.41) is 4.20. The van der Waals surface area contributed by atoms with Crippen LogP contribution in [0.1, 0.15) is 40.4 Å². The van der Waals surface area contributed by atoms with E-state index in [4.69, 9.17) is 5.73 Å². The van der Waals surface area contributed by atoms with Crippen molar-refractivity contribution in [2.75, 3.05) is 13.1 Å². The summed E-state index contributed by atoms with van der Waals surface area (Å²) < 4.78 is 28.3. The van der Waals surface area contributed by atoms with Gasteiger partial charge in [0.1, 0.15) is 11.5 Å². The maximum absolute atomic E-state index is 14.0. The van der Waals surface area contributed by atoms with E-state index in [1.165, 1.54) is 22.5 Å². The monoisotopic (exact) mass is 396 g/mol. The molecule has 5 nitrogen and oxygen atoms in total. The first-order valence-electron chi connectivity index (χ1n) is 9.65. The summed E-state index contributed by atoms with van der Waals surface area (Å²) >= 11 is 0. The molecule has 1 saturated heterocycles. The minimum Gasteiger partial charge on any atom is -0.337 e. The van der Waals surface area contributed by atoms with E-state index in [-0.39, 0.29) is 17.3 Å². The number of carbonyl (C=O) groups excluding carboxylic acids is 1. The number of hydrogen-bond acceptors (Lipinski definition) is 3. The number of rotatable bonds is 4. The van der Waals surface area contributed by atoms with Gasteiger partial charge in [0.05, 0.1) is 0 Å². The summed E-state index contributed by atoms with van der Waals surface area (Å²) in [5.41, 5.74) is 8.61. The van der Waals surface area contributed by atoms with Crippen molar-refractivity contribution in [1.82, 2.24) is 14.7 Å². The first-order chi connectivity index (χ1) is 14.1. The largest absolute Gasteiger partial charge is 0.337 e. The Morgan fingerprint density at radius 2 is 1.86 bits per heavy atom. The highest BCUT2D eigenvalue weighted by atomic mass is 19.1. The smallest absolute Gasteiger partial charge is 0.274 e. The average molecular weight is 396 g/mol. The van der Waals surface area contributed by atoms with E-state index in [1.807, 2.05) is 18.2 Å². The third-order valence-corrected chi connectivity index (χ3v) is 5.46. The standard InChI is InChI=1S/C22H22F2N4O/c23-17-5-6-21(19(24)13-17)28-12-9-20(26-28)22(29)27-10-7-15(8-11-27)18-4-2-1-3-16(18)14-25/h1-6,9,12-13,15H,7-8,10-11,14,25H2. The van der Waals surface area contributed by atoms with E-state index < -0.39 is 11.6 Å². The maximum Gasteiger partial charge on any atom is 0.274 e. The highest BCUT2D eigenvalue weighted by Gasteiger charge is 2.26. The summed E-state index contributed by atoms with van der Waals surface area (Å²) in [4.78, 5) is 14.6. The van der Waals surface area contributed by atoms with Crippen LogP contribution in [0.15, 0.2) is 54.7 Å². The Bertz CT molecular complexity index is 1030. The fourth-order valence-corrected chi connectivity index (χ4v) is 3.91. The van der Waals surface area contributed by atoms with Gasteiger partial charge in [-0.15, -0.1) is 0 Å². The van der Waals surface area contributed by atoms with Crippen LogP contribution >= 0.6 is 0 Å². The van der Waals surface area contributed by atoms with Crippen molar-refractivity contribution >= 4 is 5.91 Å². The van der Waals surface area contributed by atoms with E-state index in [0.29, 0.717) is 25.6 Å². The zero-order chi connectivity index (χ0) is 20.4. The second kappa shape index (κ2) is 8.13. The predicted octanol–water partition coefficient (Wildman–Crippen LogP) is 3.63. The van der Waals surface area contributed by atoms with Crippen molar-refractivity contribution in [1.29, 1.82) is 0 Å². The van der Waals surface area contributed by atoms with Gasteiger partial charge >= 0.3 is 0 Å². The first-order valence-corrected chi connectivity index (χ1v) is 9.65. The number of nitrogens with zero attached hydrogens (tertiary/aromatic N) is 3. The molecule has 2 heterocycles. The zero-order valence-electron chi connectivity index (χ0n) is 15.9. The number of nitrogens with two attached hydrogens (primary N) is 1. The molecular formula is C22H22F2N4O. The zero-order valence-corrected chi connectivity index (χ0v) is 15.9. The maximum atomic E-state index is 14.0. The fraction of sp³-hybridized carbons (Fsp3) is 0.273. The number of carbonyl (C=O) groups is 1. The number of aromatic nitrogens is 2. The normalized spacial score (nSPS) is 14.9. The Morgan fingerprint density at radius 1 is 1.10 bits per heavy atom. The third-order valence-electron chi connectivity index (χ3n) is 5.46. The summed E-state index contributed by atoms with van der Waals surface area (Å²) in [7, 11) is 0. The summed E-state index contributed by atoms with van der Waals surface area (Å²) in [6.07, 6.45) is 3.22. The Kier molecular flexibility index (Phi) is 5.40. The molecule has 7 heteroatoms. The predicted molar refractivity (Wildman–Crippen MR) is 106 cm³/mol. The van der Waals surface area contributed by atoms with Crippen molar-refractivity contribution in [2.24, 2.45) is 5.73 Å². The Labute approximate surface area is 167 Å². The van der Waals surface area contributed by atoms with Gasteiger partial charge in [-0.05, 0) is 48.1 Å². The van der Waals surface area contributed by atoms with Crippen molar-refractivity contribution in [3.63, 3.8) is 0 Å². The molecule has 1 aromatic heterocycles. The van der Waals surface area contributed by atoms with Gasteiger partial charge in [-0.25, -0.2) is 13.5 Å². The van der Waals surface area contributed by atoms with Gasteiger partial charge in [-0.1, -0.05) is 24.3 Å². The Balaban J connectivity index is 1.44. The summed E-state index contributed by atoms with van der Waals surface area (Å²) in [5.74, 6) is -1.19. The van der Waals surface area contributed by atoms with E-state index >= 15 is 0 Å². The highest BCUT2D eigenvalue weighted by molar-refractivity contribution is 5.92. The van der Waals surface area contributed by atoms with Crippen LogP contribution in [0.4, 0.5) is 8.78 Å². The second-order valence-corrected chi connectivity index (χ2v) is 7.21. The average Bonchev–Trinajstić information content (AvgIpc) is 3.23. The molecule has 0 spiro atoms. The van der Waals surface area contributed by atoms with Gasteiger partial charge in [0.25, 0.3) is 5.91 Å². The van der Waals surface area contributed by atoms with Gasteiger partial charge in [0, 0.05) is 31.9 Å². The van der Waals surface area contributed by atoms with E-state index in [2.05, 4.69) is 11.2 Å². The van der Waals surface area contributed by atoms with Crippen LogP contribution in [0.3, 0.4) is 0 Å². The number of amides is 1. The topological polar surface area (TPSA) is 64.2 Å². The number of benzene rings is 2. The highest BCUT2D eigenvalue weighted by Crippen LogP contribution is 2.30. The molecule has 0 atom stereocenters. The van der Waals surface area contributed by atoms with Crippen LogP contribution in [0.5, 0.6) is 0 Å². The molecule has 0 radical (unpaired) electrons. The van der Waals surface area contributed by atoms with E-state index in [0.717, 1.165) is 30.5 Å². The SMILES string of the molecule is NCc1ccccc1C1CCN(C(=O)c2ccn(-c3ccc(F)cc3F)n2)CC1. The van der Waals surface area contributed by atoms with Crippen molar-refractivity contribution in [3.05, 3.63) is 83.2 Å². The lowest BCUT2D eigenvalue weighted by Crippen LogP contribution is -2.38.